The summed E-state index contributed by atoms with van der Waals surface area (Å²) < 4.78 is 10.6. The quantitative estimate of drug-likeness (QED) is 0.111. The van der Waals surface area contributed by atoms with Gasteiger partial charge in [-0.3, -0.25) is 0 Å². The summed E-state index contributed by atoms with van der Waals surface area (Å²) in [4.78, 5) is 30.7. The molecule has 0 atom stereocenters. The minimum absolute atomic E-state index is 0.159. The lowest BCUT2D eigenvalue weighted by Gasteiger charge is -2.56. The van der Waals surface area contributed by atoms with Crippen molar-refractivity contribution in [3.63, 3.8) is 0 Å². The van der Waals surface area contributed by atoms with Crippen LogP contribution >= 0.6 is 57.5 Å². The number of fused-ring (bicyclic) bond motifs is 2. The smallest absolute Gasteiger partial charge is 0.225 e. The van der Waals surface area contributed by atoms with Gasteiger partial charge < -0.3 is 30.3 Å². The van der Waals surface area contributed by atoms with E-state index in [2.05, 4.69) is 63.2 Å². The van der Waals surface area contributed by atoms with Crippen LogP contribution in [0.15, 0.2) is 59.6 Å². The standard InChI is InChI=1S/C16H14ClN5OS.C11H14N2O.C5HCl2N3S/c17-15-20-13(12-14(21-15)24-9-18-12)19-10-2-1-3-11(4-10)22-5-16(6-22)7-23-8-16;12-9-2-1-3-10(4-9)13-5-11(6-13)7-14-8-11;6-3-2-4(11-1-8-2)10-5(7)9-3/h1-4,9H,5-8H2,(H,19,20,21);1-4H,5-8,12H2;1H. The number of aromatic nitrogens is 6. The monoisotopic (exact) mass is 754 g/mol. The molecule has 12 nitrogen and oxygen atoms in total. The van der Waals surface area contributed by atoms with E-state index >= 15 is 0 Å². The maximum atomic E-state index is 6.01. The first kappa shape index (κ1) is 32.6. The van der Waals surface area contributed by atoms with Crippen LogP contribution in [0.4, 0.5) is 28.6 Å². The van der Waals surface area contributed by atoms with E-state index in [0.29, 0.717) is 27.3 Å². The van der Waals surface area contributed by atoms with Crippen molar-refractivity contribution in [3.8, 4) is 0 Å². The lowest BCUT2D eigenvalue weighted by molar-refractivity contribution is -0.127. The Hall–Kier alpha value is -3.63. The predicted octanol–water partition coefficient (Wildman–Crippen LogP) is 6.82. The van der Waals surface area contributed by atoms with Crippen LogP contribution in [0.1, 0.15) is 0 Å². The first-order valence-corrected chi connectivity index (χ1v) is 18.2. The van der Waals surface area contributed by atoms with E-state index in [9.17, 15) is 0 Å². The van der Waals surface area contributed by atoms with Crippen molar-refractivity contribution in [3.05, 3.63) is 75.3 Å². The van der Waals surface area contributed by atoms with Crippen molar-refractivity contribution in [2.24, 2.45) is 10.8 Å². The Morgan fingerprint density at radius 1 is 0.694 bits per heavy atom. The fourth-order valence-electron chi connectivity index (χ4n) is 6.20. The van der Waals surface area contributed by atoms with Gasteiger partial charge in [0.15, 0.2) is 15.8 Å². The van der Waals surface area contributed by atoms with Crippen molar-refractivity contribution >= 4 is 107 Å². The predicted molar refractivity (Wildman–Crippen MR) is 197 cm³/mol. The highest BCUT2D eigenvalue weighted by Gasteiger charge is 2.49. The molecule has 4 aliphatic heterocycles. The van der Waals surface area contributed by atoms with Gasteiger partial charge in [0, 0.05) is 48.9 Å². The Morgan fingerprint density at radius 3 is 1.84 bits per heavy atom. The van der Waals surface area contributed by atoms with Crippen LogP contribution in [0.25, 0.3) is 20.7 Å². The fraction of sp³-hybridized carbons (Fsp3) is 0.312. The van der Waals surface area contributed by atoms with Crippen molar-refractivity contribution in [2.45, 2.75) is 0 Å². The van der Waals surface area contributed by atoms with Crippen molar-refractivity contribution in [2.75, 3.05) is 73.5 Å². The van der Waals surface area contributed by atoms with Gasteiger partial charge in [-0.2, -0.15) is 4.98 Å². The molecule has 4 aromatic heterocycles. The zero-order valence-corrected chi connectivity index (χ0v) is 29.8. The van der Waals surface area contributed by atoms with E-state index < -0.39 is 0 Å². The average molecular weight is 756 g/mol. The second-order valence-electron chi connectivity index (χ2n) is 12.6. The number of hydrogen-bond acceptors (Lipinski definition) is 14. The van der Waals surface area contributed by atoms with Gasteiger partial charge >= 0.3 is 0 Å². The van der Waals surface area contributed by atoms with Crippen LogP contribution in [0.2, 0.25) is 15.7 Å². The highest BCUT2D eigenvalue weighted by molar-refractivity contribution is 7.16. The molecule has 0 saturated carbocycles. The van der Waals surface area contributed by atoms with E-state index in [-0.39, 0.29) is 10.6 Å². The van der Waals surface area contributed by atoms with Crippen LogP contribution in [-0.4, -0.2) is 82.5 Å². The van der Waals surface area contributed by atoms with Gasteiger partial charge in [-0.15, -0.1) is 22.7 Å². The summed E-state index contributed by atoms with van der Waals surface area (Å²) in [7, 11) is 0. The first-order valence-electron chi connectivity index (χ1n) is 15.3. The third-order valence-electron chi connectivity index (χ3n) is 8.75. The van der Waals surface area contributed by atoms with Crippen LogP contribution < -0.4 is 20.9 Å². The number of ether oxygens (including phenoxy) is 2. The summed E-state index contributed by atoms with van der Waals surface area (Å²) in [5.74, 6) is 0.635. The van der Waals surface area contributed by atoms with Crippen LogP contribution in [-0.2, 0) is 9.47 Å². The molecule has 4 fully saturated rings. The molecule has 0 unspecified atom stereocenters. The Balaban J connectivity index is 0.000000118. The molecule has 10 rings (SSSR count). The second-order valence-corrected chi connectivity index (χ2v) is 15.3. The van der Waals surface area contributed by atoms with Gasteiger partial charge in [0.1, 0.15) is 15.9 Å². The molecule has 17 heteroatoms. The number of nitrogen functional groups attached to an aromatic ring is 1. The average Bonchev–Trinajstić information content (AvgIpc) is 3.65. The molecule has 0 bridgehead atoms. The minimum atomic E-state index is 0.159. The van der Waals surface area contributed by atoms with Gasteiger partial charge in [0.05, 0.1) is 48.3 Å². The Bertz CT molecular complexity index is 2130. The number of nitrogens with one attached hydrogen (secondary N) is 1. The number of nitrogens with two attached hydrogens (primary N) is 1. The summed E-state index contributed by atoms with van der Waals surface area (Å²) in [6, 6.07) is 16.4. The summed E-state index contributed by atoms with van der Waals surface area (Å²) in [6.07, 6.45) is 0. The number of anilines is 5. The summed E-state index contributed by atoms with van der Waals surface area (Å²) in [6.45, 7) is 8.02. The molecule has 252 valence electrons. The number of benzene rings is 2. The highest BCUT2D eigenvalue weighted by Crippen LogP contribution is 2.42. The molecule has 2 spiro atoms. The van der Waals surface area contributed by atoms with Gasteiger partial charge in [-0.05, 0) is 59.6 Å². The lowest BCUT2D eigenvalue weighted by atomic mass is 9.78. The molecule has 3 N–H and O–H groups in total. The number of hydrogen-bond donors (Lipinski definition) is 2. The molecule has 0 radical (unpaired) electrons. The van der Waals surface area contributed by atoms with E-state index in [1.165, 1.54) is 34.0 Å². The zero-order chi connectivity index (χ0) is 33.6. The minimum Gasteiger partial charge on any atom is -0.399 e. The van der Waals surface area contributed by atoms with E-state index in [1.807, 2.05) is 30.3 Å². The molecule has 4 aliphatic rings. The van der Waals surface area contributed by atoms with Gasteiger partial charge in [0.25, 0.3) is 0 Å². The molecule has 49 heavy (non-hydrogen) atoms. The fourth-order valence-corrected chi connectivity index (χ4v) is 8.28. The molecule has 0 aliphatic carbocycles. The molecule has 0 amide bonds. The second kappa shape index (κ2) is 13.2. The molecule has 2 aromatic carbocycles. The number of nitrogens with zero attached hydrogens (tertiary/aromatic N) is 8. The lowest BCUT2D eigenvalue weighted by Crippen LogP contribution is -2.66. The maximum absolute atomic E-state index is 6.01. The van der Waals surface area contributed by atoms with Gasteiger partial charge in [0.2, 0.25) is 10.6 Å². The van der Waals surface area contributed by atoms with Crippen LogP contribution in [0.3, 0.4) is 0 Å². The Kier molecular flexibility index (Phi) is 8.81. The largest absolute Gasteiger partial charge is 0.399 e. The van der Waals surface area contributed by atoms with E-state index in [1.54, 1.807) is 11.0 Å². The third-order valence-corrected chi connectivity index (χ3v) is 10.8. The molecule has 8 heterocycles. The Morgan fingerprint density at radius 2 is 1.24 bits per heavy atom. The third kappa shape index (κ3) is 6.78. The number of halogens is 3. The number of rotatable bonds is 4. The van der Waals surface area contributed by atoms with Gasteiger partial charge in [-0.25, -0.2) is 24.9 Å². The molecular formula is C32H29Cl3N10O2S2. The first-order chi connectivity index (χ1) is 23.8. The van der Waals surface area contributed by atoms with Crippen molar-refractivity contribution in [1.29, 1.82) is 0 Å². The van der Waals surface area contributed by atoms with E-state index in [4.69, 9.17) is 50.0 Å². The topological polar surface area (TPSA) is 140 Å². The summed E-state index contributed by atoms with van der Waals surface area (Å²) in [5.41, 5.74) is 15.6. The zero-order valence-electron chi connectivity index (χ0n) is 25.9. The maximum Gasteiger partial charge on any atom is 0.225 e. The highest BCUT2D eigenvalue weighted by atomic mass is 35.5. The van der Waals surface area contributed by atoms with Crippen molar-refractivity contribution < 1.29 is 9.47 Å². The normalized spacial score (nSPS) is 18.0. The van der Waals surface area contributed by atoms with Gasteiger partial charge in [-0.1, -0.05) is 23.7 Å². The SMILES string of the molecule is Clc1nc(Cl)c2ncsc2n1.Clc1nc(Nc2cccc(N3CC4(COC4)C3)c2)c2ncsc2n1.Nc1cccc(N2CC3(COC3)C2)c1. The summed E-state index contributed by atoms with van der Waals surface area (Å²) in [5, 5.41) is 4.01. The van der Waals surface area contributed by atoms with Crippen molar-refractivity contribution in [1.82, 2.24) is 29.9 Å². The molecular weight excluding hydrogens is 727 g/mol. The van der Waals surface area contributed by atoms with E-state index in [0.717, 1.165) is 79.2 Å². The molecule has 6 aromatic rings. The van der Waals surface area contributed by atoms with Crippen LogP contribution in [0.5, 0.6) is 0 Å². The number of thiazole rings is 2. The van der Waals surface area contributed by atoms with Crippen LogP contribution in [0, 0.1) is 10.8 Å². The molecule has 4 saturated heterocycles. The Labute approximate surface area is 304 Å². The summed E-state index contributed by atoms with van der Waals surface area (Å²) >= 11 is 20.1.